The summed E-state index contributed by atoms with van der Waals surface area (Å²) < 4.78 is 19.7. The third kappa shape index (κ3) is 6.23. The number of benzene rings is 2. The number of carbonyl (C=O) groups excluding carboxylic acids is 2. The van der Waals surface area contributed by atoms with Crippen molar-refractivity contribution in [3.05, 3.63) is 71.6 Å². The summed E-state index contributed by atoms with van der Waals surface area (Å²) in [4.78, 5) is 27.0. The molecule has 34 heavy (non-hydrogen) atoms. The van der Waals surface area contributed by atoms with Gasteiger partial charge in [-0.1, -0.05) is 36.4 Å². The molecule has 2 aliphatic heterocycles. The van der Waals surface area contributed by atoms with Crippen molar-refractivity contribution in [3.63, 3.8) is 0 Å². The van der Waals surface area contributed by atoms with Crippen LogP contribution in [0.3, 0.4) is 0 Å². The Morgan fingerprint density at radius 2 is 1.97 bits per heavy atom. The van der Waals surface area contributed by atoms with Gasteiger partial charge in [-0.2, -0.15) is 0 Å². The fourth-order valence-electron chi connectivity index (χ4n) is 4.60. The quantitative estimate of drug-likeness (QED) is 0.676. The van der Waals surface area contributed by atoms with Gasteiger partial charge in [0.05, 0.1) is 12.2 Å². The molecule has 2 aromatic rings. The van der Waals surface area contributed by atoms with Crippen LogP contribution in [0, 0.1) is 18.2 Å². The SMILES string of the molecule is Cc1ccc(F)c(NC(=O)CN2CCC3(C/C=C/Cc4ccccc4OCC(=O)NC3)CC2)c1. The number of anilines is 1. The van der Waals surface area contributed by atoms with Crippen molar-refractivity contribution in [1.29, 1.82) is 0 Å². The molecule has 2 aliphatic rings. The number of likely N-dealkylation sites (tertiary alicyclic amines) is 1. The summed E-state index contributed by atoms with van der Waals surface area (Å²) in [5.41, 5.74) is 2.12. The molecule has 1 fully saturated rings. The molecular weight excluding hydrogens is 433 g/mol. The average molecular weight is 466 g/mol. The van der Waals surface area contributed by atoms with Gasteiger partial charge in [-0.25, -0.2) is 4.39 Å². The lowest BCUT2D eigenvalue weighted by atomic mass is 9.75. The largest absolute Gasteiger partial charge is 0.483 e. The molecule has 0 radical (unpaired) electrons. The van der Waals surface area contributed by atoms with Crippen LogP contribution in [0.25, 0.3) is 0 Å². The van der Waals surface area contributed by atoms with Crippen LogP contribution in [-0.4, -0.2) is 49.5 Å². The van der Waals surface area contributed by atoms with Crippen LogP contribution in [0.5, 0.6) is 5.75 Å². The van der Waals surface area contributed by atoms with Crippen LogP contribution in [-0.2, 0) is 16.0 Å². The fraction of sp³-hybridized carbons (Fsp3) is 0.407. The van der Waals surface area contributed by atoms with E-state index in [0.29, 0.717) is 6.54 Å². The third-order valence-electron chi connectivity index (χ3n) is 6.73. The van der Waals surface area contributed by atoms with Crippen molar-refractivity contribution in [1.82, 2.24) is 10.2 Å². The Bertz CT molecular complexity index is 1060. The smallest absolute Gasteiger partial charge is 0.257 e. The molecule has 2 heterocycles. The standard InChI is InChI=1S/C27H32FN3O3/c1-20-9-10-22(28)23(16-20)30-25(32)17-31-14-12-27(13-15-31)11-5-4-7-21-6-2-3-8-24(21)34-18-26(33)29-19-27/h2-6,8-10,16H,7,11-15,17-19H2,1H3,(H,29,33)(H,30,32)/b5-4+. The van der Waals surface area contributed by atoms with Crippen LogP contribution < -0.4 is 15.4 Å². The van der Waals surface area contributed by atoms with E-state index in [1.807, 2.05) is 31.2 Å². The topological polar surface area (TPSA) is 70.7 Å². The van der Waals surface area contributed by atoms with E-state index in [2.05, 4.69) is 27.7 Å². The Balaban J connectivity index is 1.35. The minimum atomic E-state index is -0.432. The molecule has 2 N–H and O–H groups in total. The summed E-state index contributed by atoms with van der Waals surface area (Å²) >= 11 is 0. The van der Waals surface area contributed by atoms with Crippen molar-refractivity contribution in [2.75, 3.05) is 38.1 Å². The molecule has 4 rings (SSSR count). The van der Waals surface area contributed by atoms with E-state index in [4.69, 9.17) is 4.74 Å². The number of nitrogens with zero attached hydrogens (tertiary/aromatic N) is 1. The zero-order valence-electron chi connectivity index (χ0n) is 19.6. The molecule has 0 aromatic heterocycles. The summed E-state index contributed by atoms with van der Waals surface area (Å²) in [6.45, 7) is 4.14. The van der Waals surface area contributed by atoms with Gasteiger partial charge in [-0.3, -0.25) is 14.5 Å². The van der Waals surface area contributed by atoms with Crippen LogP contribution in [0.2, 0.25) is 0 Å². The molecule has 7 heteroatoms. The Morgan fingerprint density at radius 1 is 1.18 bits per heavy atom. The molecule has 1 saturated heterocycles. The lowest BCUT2D eigenvalue weighted by Gasteiger charge is -2.41. The molecule has 180 valence electrons. The number of nitrogens with one attached hydrogen (secondary N) is 2. The lowest BCUT2D eigenvalue weighted by molar-refractivity contribution is -0.123. The summed E-state index contributed by atoms with van der Waals surface area (Å²) in [6.07, 6.45) is 7.72. The molecule has 1 spiro atoms. The van der Waals surface area contributed by atoms with E-state index in [-0.39, 0.29) is 36.1 Å². The van der Waals surface area contributed by atoms with Gasteiger partial charge in [-0.05, 0) is 80.4 Å². The number of amides is 2. The molecule has 0 bridgehead atoms. The Labute approximate surface area is 200 Å². The molecular formula is C27H32FN3O3. The highest BCUT2D eigenvalue weighted by Crippen LogP contribution is 2.35. The molecule has 0 aliphatic carbocycles. The highest BCUT2D eigenvalue weighted by atomic mass is 19.1. The number of aryl methyl sites for hydroxylation is 1. The number of para-hydroxylation sites is 1. The van der Waals surface area contributed by atoms with Crippen LogP contribution in [0.15, 0.2) is 54.6 Å². The van der Waals surface area contributed by atoms with Crippen LogP contribution >= 0.6 is 0 Å². The van der Waals surface area contributed by atoms with Crippen molar-refractivity contribution in [2.45, 2.75) is 32.6 Å². The summed E-state index contributed by atoms with van der Waals surface area (Å²) in [5.74, 6) is -0.0301. The number of halogens is 1. The van der Waals surface area contributed by atoms with E-state index < -0.39 is 5.82 Å². The van der Waals surface area contributed by atoms with Gasteiger partial charge < -0.3 is 15.4 Å². The van der Waals surface area contributed by atoms with Crippen molar-refractivity contribution < 1.29 is 18.7 Å². The van der Waals surface area contributed by atoms with Gasteiger partial charge in [0.2, 0.25) is 5.91 Å². The van der Waals surface area contributed by atoms with E-state index in [1.54, 1.807) is 12.1 Å². The van der Waals surface area contributed by atoms with E-state index in [1.165, 1.54) is 6.07 Å². The third-order valence-corrected chi connectivity index (χ3v) is 6.73. The monoisotopic (exact) mass is 465 g/mol. The molecule has 2 amide bonds. The predicted molar refractivity (Wildman–Crippen MR) is 130 cm³/mol. The van der Waals surface area contributed by atoms with E-state index >= 15 is 0 Å². The maximum Gasteiger partial charge on any atom is 0.257 e. The molecule has 0 atom stereocenters. The summed E-state index contributed by atoms with van der Waals surface area (Å²) in [5, 5.41) is 5.75. The number of allylic oxidation sites excluding steroid dienone is 2. The van der Waals surface area contributed by atoms with Crippen LogP contribution in [0.1, 0.15) is 30.4 Å². The lowest BCUT2D eigenvalue weighted by Crippen LogP contribution is -2.48. The van der Waals surface area contributed by atoms with Gasteiger partial charge in [0, 0.05) is 6.54 Å². The van der Waals surface area contributed by atoms with Gasteiger partial charge in [0.25, 0.3) is 5.91 Å². The minimum absolute atomic E-state index is 0.00137. The minimum Gasteiger partial charge on any atom is -0.483 e. The van der Waals surface area contributed by atoms with Crippen molar-refractivity contribution in [3.8, 4) is 5.75 Å². The fourth-order valence-corrected chi connectivity index (χ4v) is 4.60. The first-order valence-electron chi connectivity index (χ1n) is 11.8. The first-order valence-corrected chi connectivity index (χ1v) is 11.8. The number of hydrogen-bond acceptors (Lipinski definition) is 4. The second-order valence-corrected chi connectivity index (χ2v) is 9.36. The molecule has 0 unspecified atom stereocenters. The highest BCUT2D eigenvalue weighted by Gasteiger charge is 2.34. The van der Waals surface area contributed by atoms with Gasteiger partial charge in [0.15, 0.2) is 6.61 Å². The maximum absolute atomic E-state index is 14.0. The Morgan fingerprint density at radius 3 is 2.79 bits per heavy atom. The molecule has 2 aromatic carbocycles. The number of ether oxygens (including phenoxy) is 1. The average Bonchev–Trinajstić information content (AvgIpc) is 2.83. The molecule has 0 saturated carbocycles. The van der Waals surface area contributed by atoms with Gasteiger partial charge >= 0.3 is 0 Å². The first-order chi connectivity index (χ1) is 16.4. The second-order valence-electron chi connectivity index (χ2n) is 9.36. The van der Waals surface area contributed by atoms with E-state index in [0.717, 1.165) is 55.6 Å². The summed E-state index contributed by atoms with van der Waals surface area (Å²) in [6, 6.07) is 12.5. The van der Waals surface area contributed by atoms with E-state index in [9.17, 15) is 14.0 Å². The maximum atomic E-state index is 14.0. The Kier molecular flexibility index (Phi) is 7.63. The van der Waals surface area contributed by atoms with Gasteiger partial charge in [0.1, 0.15) is 11.6 Å². The van der Waals surface area contributed by atoms with Gasteiger partial charge in [-0.15, -0.1) is 0 Å². The Hall–Kier alpha value is -3.19. The number of hydrogen-bond donors (Lipinski definition) is 2. The molecule has 6 nitrogen and oxygen atoms in total. The van der Waals surface area contributed by atoms with Crippen molar-refractivity contribution >= 4 is 17.5 Å². The zero-order valence-corrected chi connectivity index (χ0v) is 19.6. The zero-order chi connectivity index (χ0) is 24.0. The normalized spacial score (nSPS) is 19.6. The predicted octanol–water partition coefficient (Wildman–Crippen LogP) is 3.85. The number of carbonyl (C=O) groups is 2. The first kappa shape index (κ1) is 24.0. The number of fused-ring (bicyclic) bond motifs is 1. The number of rotatable bonds is 3. The summed E-state index contributed by atoms with van der Waals surface area (Å²) in [7, 11) is 0. The van der Waals surface area contributed by atoms with Crippen LogP contribution in [0.4, 0.5) is 10.1 Å². The highest BCUT2D eigenvalue weighted by molar-refractivity contribution is 5.92. The van der Waals surface area contributed by atoms with Crippen molar-refractivity contribution in [2.24, 2.45) is 5.41 Å². The number of piperidine rings is 1. The second kappa shape index (κ2) is 10.8.